The van der Waals surface area contributed by atoms with Crippen LogP contribution in [0.25, 0.3) is 0 Å². The fraction of sp³-hybridized carbons (Fsp3) is 0.562. The van der Waals surface area contributed by atoms with Gasteiger partial charge in [0.1, 0.15) is 0 Å². The molecule has 0 aromatic heterocycles. The summed E-state index contributed by atoms with van der Waals surface area (Å²) in [6.45, 7) is 4.17. The zero-order chi connectivity index (χ0) is 13.8. The summed E-state index contributed by atoms with van der Waals surface area (Å²) in [4.78, 5) is 11.3. The van der Waals surface area contributed by atoms with Crippen LogP contribution >= 0.6 is 0 Å². The Labute approximate surface area is 115 Å². The minimum absolute atomic E-state index is 0.387. The second-order valence-electron chi connectivity index (χ2n) is 5.62. The Morgan fingerprint density at radius 3 is 2.58 bits per heavy atom. The molecule has 3 nitrogen and oxygen atoms in total. The Hall–Kier alpha value is -1.51. The van der Waals surface area contributed by atoms with E-state index in [9.17, 15) is 9.90 Å². The number of aryl methyl sites for hydroxylation is 1. The topological polar surface area (TPSA) is 49.3 Å². The van der Waals surface area contributed by atoms with Crippen molar-refractivity contribution in [3.05, 3.63) is 29.3 Å². The van der Waals surface area contributed by atoms with Crippen LogP contribution in [0.5, 0.6) is 0 Å². The molecule has 0 heterocycles. The average Bonchev–Trinajstić information content (AvgIpc) is 2.41. The average molecular weight is 261 g/mol. The van der Waals surface area contributed by atoms with Gasteiger partial charge in [-0.05, 0) is 50.7 Å². The molecular formula is C16H23NO2. The second kappa shape index (κ2) is 6.09. The Balaban J connectivity index is 2.05. The number of aromatic carboxylic acids is 1. The molecule has 0 amide bonds. The summed E-state index contributed by atoms with van der Waals surface area (Å²) in [7, 11) is 0. The number of hydrogen-bond donors (Lipinski definition) is 2. The first-order chi connectivity index (χ1) is 9.10. The molecule has 19 heavy (non-hydrogen) atoms. The van der Waals surface area contributed by atoms with E-state index in [1.165, 1.54) is 19.3 Å². The highest BCUT2D eigenvalue weighted by atomic mass is 16.4. The van der Waals surface area contributed by atoms with E-state index in [-0.39, 0.29) is 0 Å². The lowest BCUT2D eigenvalue weighted by Crippen LogP contribution is -2.26. The van der Waals surface area contributed by atoms with Gasteiger partial charge in [-0.1, -0.05) is 25.0 Å². The first-order valence-electron chi connectivity index (χ1n) is 7.20. The minimum atomic E-state index is -0.853. The number of rotatable bonds is 4. The van der Waals surface area contributed by atoms with Crippen molar-refractivity contribution in [3.8, 4) is 0 Å². The molecule has 1 aliphatic carbocycles. The van der Waals surface area contributed by atoms with Crippen molar-refractivity contribution in [1.82, 2.24) is 0 Å². The van der Waals surface area contributed by atoms with Crippen LogP contribution in [0.3, 0.4) is 0 Å². The van der Waals surface area contributed by atoms with Gasteiger partial charge >= 0.3 is 5.97 Å². The van der Waals surface area contributed by atoms with Crippen molar-refractivity contribution in [2.45, 2.75) is 52.0 Å². The number of anilines is 1. The molecule has 2 N–H and O–H groups in total. The van der Waals surface area contributed by atoms with Gasteiger partial charge < -0.3 is 10.4 Å². The fourth-order valence-corrected chi connectivity index (χ4v) is 2.90. The molecule has 1 aliphatic rings. The predicted molar refractivity (Wildman–Crippen MR) is 77.8 cm³/mol. The van der Waals surface area contributed by atoms with Crippen molar-refractivity contribution in [2.24, 2.45) is 5.92 Å². The van der Waals surface area contributed by atoms with Crippen LogP contribution in [0.1, 0.15) is 54.9 Å². The van der Waals surface area contributed by atoms with Crippen molar-refractivity contribution < 1.29 is 9.90 Å². The molecule has 1 aromatic carbocycles. The van der Waals surface area contributed by atoms with Crippen molar-refractivity contribution >= 4 is 11.7 Å². The molecule has 0 unspecified atom stereocenters. The molecule has 104 valence electrons. The van der Waals surface area contributed by atoms with Gasteiger partial charge in [0.2, 0.25) is 0 Å². The maximum Gasteiger partial charge on any atom is 0.337 e. The quantitative estimate of drug-likeness (QED) is 0.858. The Morgan fingerprint density at radius 1 is 1.32 bits per heavy atom. The molecule has 1 fully saturated rings. The summed E-state index contributed by atoms with van der Waals surface area (Å²) in [6, 6.07) is 6.02. The lowest BCUT2D eigenvalue weighted by atomic mass is 9.84. The lowest BCUT2D eigenvalue weighted by molar-refractivity contribution is 0.0697. The van der Waals surface area contributed by atoms with Crippen LogP contribution in [-0.2, 0) is 0 Å². The maximum atomic E-state index is 11.3. The molecule has 0 bridgehead atoms. The minimum Gasteiger partial charge on any atom is -0.478 e. The molecule has 0 saturated heterocycles. The van der Waals surface area contributed by atoms with E-state index in [2.05, 4.69) is 12.2 Å². The van der Waals surface area contributed by atoms with Crippen LogP contribution in [0.2, 0.25) is 0 Å². The number of nitrogens with one attached hydrogen (secondary N) is 1. The van der Waals surface area contributed by atoms with Gasteiger partial charge in [-0.2, -0.15) is 0 Å². The van der Waals surface area contributed by atoms with Crippen LogP contribution in [0.15, 0.2) is 18.2 Å². The van der Waals surface area contributed by atoms with Gasteiger partial charge in [0.05, 0.1) is 5.56 Å². The lowest BCUT2D eigenvalue weighted by Gasteiger charge is -2.29. The normalized spacial score (nSPS) is 23.1. The van der Waals surface area contributed by atoms with Gasteiger partial charge in [0.25, 0.3) is 0 Å². The largest absolute Gasteiger partial charge is 0.478 e. The van der Waals surface area contributed by atoms with E-state index in [1.54, 1.807) is 6.07 Å². The van der Waals surface area contributed by atoms with Crippen LogP contribution < -0.4 is 5.32 Å². The van der Waals surface area contributed by atoms with Crippen LogP contribution in [0.4, 0.5) is 5.69 Å². The molecule has 1 saturated carbocycles. The van der Waals surface area contributed by atoms with Crippen molar-refractivity contribution in [3.63, 3.8) is 0 Å². The number of carbonyl (C=O) groups is 1. The van der Waals surface area contributed by atoms with Gasteiger partial charge in [-0.15, -0.1) is 0 Å². The molecule has 1 aromatic rings. The van der Waals surface area contributed by atoms with Gasteiger partial charge in [0, 0.05) is 11.7 Å². The van der Waals surface area contributed by atoms with E-state index in [1.807, 2.05) is 19.1 Å². The molecule has 0 spiro atoms. The molecule has 3 heteroatoms. The van der Waals surface area contributed by atoms with Gasteiger partial charge in [-0.3, -0.25) is 0 Å². The Morgan fingerprint density at radius 2 is 2.00 bits per heavy atom. The first kappa shape index (κ1) is 13.9. The molecule has 0 atom stereocenters. The Kier molecular flexibility index (Phi) is 4.46. The zero-order valence-corrected chi connectivity index (χ0v) is 11.8. The monoisotopic (exact) mass is 261 g/mol. The predicted octanol–water partition coefficient (Wildman–Crippen LogP) is 4.07. The van der Waals surface area contributed by atoms with Crippen LogP contribution in [0, 0.1) is 12.8 Å². The van der Waals surface area contributed by atoms with Gasteiger partial charge in [-0.25, -0.2) is 4.79 Å². The highest BCUT2D eigenvalue weighted by Crippen LogP contribution is 2.29. The Bertz CT molecular complexity index is 448. The highest BCUT2D eigenvalue weighted by Gasteiger charge is 2.21. The van der Waals surface area contributed by atoms with Crippen molar-refractivity contribution in [2.75, 3.05) is 5.32 Å². The van der Waals surface area contributed by atoms with E-state index < -0.39 is 5.97 Å². The summed E-state index contributed by atoms with van der Waals surface area (Å²) in [5, 5.41) is 12.7. The smallest absolute Gasteiger partial charge is 0.337 e. The molecular weight excluding hydrogens is 238 g/mol. The fourth-order valence-electron chi connectivity index (χ4n) is 2.90. The number of carboxylic acids is 1. The number of hydrogen-bond acceptors (Lipinski definition) is 2. The second-order valence-corrected chi connectivity index (χ2v) is 5.62. The summed E-state index contributed by atoms with van der Waals surface area (Å²) >= 11 is 0. The molecule has 0 radical (unpaired) electrons. The van der Waals surface area contributed by atoms with Crippen molar-refractivity contribution in [1.29, 1.82) is 0 Å². The molecule has 2 rings (SSSR count). The maximum absolute atomic E-state index is 11.3. The van der Waals surface area contributed by atoms with Gasteiger partial charge in [0.15, 0.2) is 0 Å². The summed E-state index contributed by atoms with van der Waals surface area (Å²) in [5.74, 6) is 0.00320. The zero-order valence-electron chi connectivity index (χ0n) is 11.8. The van der Waals surface area contributed by atoms with E-state index in [4.69, 9.17) is 0 Å². The first-order valence-corrected chi connectivity index (χ1v) is 7.20. The standard InChI is InChI=1S/C16H23NO2/c1-3-12-5-7-13(8-6-12)17-15-9-4-11(2)10-14(15)16(18)19/h4,9-10,12-13,17H,3,5-8H2,1-2H3,(H,18,19). The number of carboxylic acid groups (broad SMARTS) is 1. The van der Waals surface area contributed by atoms with E-state index in [0.29, 0.717) is 11.6 Å². The SMILES string of the molecule is CCC1CCC(Nc2ccc(C)cc2C(=O)O)CC1. The summed E-state index contributed by atoms with van der Waals surface area (Å²) in [6.07, 6.45) is 6.05. The summed E-state index contributed by atoms with van der Waals surface area (Å²) < 4.78 is 0. The van der Waals surface area contributed by atoms with E-state index >= 15 is 0 Å². The third-order valence-electron chi connectivity index (χ3n) is 4.19. The number of benzene rings is 1. The third-order valence-corrected chi connectivity index (χ3v) is 4.19. The van der Waals surface area contributed by atoms with E-state index in [0.717, 1.165) is 30.0 Å². The highest BCUT2D eigenvalue weighted by molar-refractivity contribution is 5.94. The third kappa shape index (κ3) is 3.49. The summed E-state index contributed by atoms with van der Waals surface area (Å²) in [5.41, 5.74) is 2.13. The molecule has 0 aliphatic heterocycles. The van der Waals surface area contributed by atoms with Crippen LogP contribution in [-0.4, -0.2) is 17.1 Å².